The van der Waals surface area contributed by atoms with Crippen LogP contribution in [-0.4, -0.2) is 18.5 Å². The van der Waals surface area contributed by atoms with Gasteiger partial charge in [0.05, 0.1) is 16.7 Å². The number of carbonyl (C=O) groups is 2. The van der Waals surface area contributed by atoms with Crippen molar-refractivity contribution in [1.82, 2.24) is 0 Å². The molecule has 0 saturated heterocycles. The van der Waals surface area contributed by atoms with Crippen molar-refractivity contribution in [2.45, 2.75) is 50.1 Å². The summed E-state index contributed by atoms with van der Waals surface area (Å²) in [6.07, 6.45) is 0.713. The van der Waals surface area contributed by atoms with Crippen LogP contribution in [0.2, 0.25) is 5.02 Å². The molecule has 1 amide bonds. The van der Waals surface area contributed by atoms with E-state index in [1.165, 1.54) is 11.6 Å². The van der Waals surface area contributed by atoms with E-state index in [-0.39, 0.29) is 10.4 Å². The highest BCUT2D eigenvalue weighted by Gasteiger charge is 2.61. The van der Waals surface area contributed by atoms with E-state index in [0.717, 1.165) is 44.2 Å². The van der Waals surface area contributed by atoms with Crippen LogP contribution in [0.25, 0.3) is 0 Å². The van der Waals surface area contributed by atoms with Gasteiger partial charge in [-0.05, 0) is 79.5 Å². The highest BCUT2D eigenvalue weighted by molar-refractivity contribution is 6.30. The standard InChI is InChI=1S/C26H25ClF3NO3/c27-19-6-7-21(20(9-19)26(28,29)30)31-22(32)14-34-23(33)25-12-16-8-17(13-25)11-24(10-16,15-25)18-4-2-1-3-5-18/h1-7,9,16-17H,8,10-15H2,(H,31,32)/t16-,17-,24?,25?/m0/s1. The first-order valence-electron chi connectivity index (χ1n) is 11.5. The van der Waals surface area contributed by atoms with E-state index in [0.29, 0.717) is 18.3 Å². The van der Waals surface area contributed by atoms with E-state index in [1.807, 2.05) is 18.2 Å². The Morgan fingerprint density at radius 3 is 2.35 bits per heavy atom. The Morgan fingerprint density at radius 1 is 1.03 bits per heavy atom. The fourth-order valence-corrected chi connectivity index (χ4v) is 7.13. The maximum absolute atomic E-state index is 13.3. The van der Waals surface area contributed by atoms with Crippen LogP contribution in [-0.2, 0) is 25.9 Å². The Labute approximate surface area is 200 Å². The van der Waals surface area contributed by atoms with Gasteiger partial charge >= 0.3 is 12.1 Å². The van der Waals surface area contributed by atoms with Gasteiger partial charge in [-0.2, -0.15) is 13.2 Å². The van der Waals surface area contributed by atoms with Gasteiger partial charge in [0, 0.05) is 5.02 Å². The summed E-state index contributed by atoms with van der Waals surface area (Å²) in [5, 5.41) is 2.12. The predicted molar refractivity (Wildman–Crippen MR) is 121 cm³/mol. The van der Waals surface area contributed by atoms with E-state index < -0.39 is 41.3 Å². The average Bonchev–Trinajstić information content (AvgIpc) is 2.78. The zero-order valence-electron chi connectivity index (χ0n) is 18.5. The van der Waals surface area contributed by atoms with Gasteiger partial charge in [-0.1, -0.05) is 41.9 Å². The maximum atomic E-state index is 13.3. The number of ether oxygens (including phenoxy) is 1. The molecule has 0 aliphatic heterocycles. The SMILES string of the molecule is O=C(COC(=O)C12C[C@H]3C[C@H](C1)CC(c1ccccc1)(C3)C2)Nc1ccc(Cl)cc1C(F)(F)F. The lowest BCUT2D eigenvalue weighted by Crippen LogP contribution is -2.57. The summed E-state index contributed by atoms with van der Waals surface area (Å²) >= 11 is 5.69. The smallest absolute Gasteiger partial charge is 0.418 e. The molecule has 8 heteroatoms. The first kappa shape index (κ1) is 23.2. The van der Waals surface area contributed by atoms with Crippen molar-refractivity contribution in [3.8, 4) is 0 Å². The molecule has 6 rings (SSSR count). The summed E-state index contributed by atoms with van der Waals surface area (Å²) in [5.74, 6) is -0.356. The van der Waals surface area contributed by atoms with Crippen LogP contribution in [0.3, 0.4) is 0 Å². The number of alkyl halides is 3. The number of esters is 1. The lowest BCUT2D eigenvalue weighted by molar-refractivity contribution is -0.175. The molecule has 4 nitrogen and oxygen atoms in total. The number of hydrogen-bond donors (Lipinski definition) is 1. The van der Waals surface area contributed by atoms with Gasteiger partial charge in [0.1, 0.15) is 0 Å². The molecule has 4 saturated carbocycles. The number of anilines is 1. The largest absolute Gasteiger partial charge is 0.455 e. The van der Waals surface area contributed by atoms with E-state index in [2.05, 4.69) is 17.4 Å². The van der Waals surface area contributed by atoms with Crippen LogP contribution in [0.4, 0.5) is 18.9 Å². The first-order valence-corrected chi connectivity index (χ1v) is 11.9. The number of carbonyl (C=O) groups excluding carboxylic acids is 2. The third-order valence-electron chi connectivity index (χ3n) is 7.78. The minimum atomic E-state index is -4.69. The van der Waals surface area contributed by atoms with Gasteiger partial charge in [-0.25, -0.2) is 0 Å². The molecule has 0 unspecified atom stereocenters. The maximum Gasteiger partial charge on any atom is 0.418 e. The van der Waals surface area contributed by atoms with Crippen molar-refractivity contribution < 1.29 is 27.5 Å². The van der Waals surface area contributed by atoms with E-state index in [9.17, 15) is 22.8 Å². The zero-order valence-corrected chi connectivity index (χ0v) is 19.2. The quantitative estimate of drug-likeness (QED) is 0.494. The van der Waals surface area contributed by atoms with E-state index in [4.69, 9.17) is 16.3 Å². The Bertz CT molecular complexity index is 1100. The Morgan fingerprint density at radius 2 is 1.71 bits per heavy atom. The Kier molecular flexibility index (Phi) is 5.66. The Balaban J connectivity index is 1.29. The number of rotatable bonds is 5. The summed E-state index contributed by atoms with van der Waals surface area (Å²) in [6.45, 7) is -0.631. The molecule has 4 aliphatic rings. The average molecular weight is 492 g/mol. The van der Waals surface area contributed by atoms with E-state index in [1.54, 1.807) is 0 Å². The van der Waals surface area contributed by atoms with Crippen molar-refractivity contribution in [3.63, 3.8) is 0 Å². The number of amides is 1. The molecule has 2 aromatic rings. The molecule has 4 bridgehead atoms. The van der Waals surface area contributed by atoms with Crippen molar-refractivity contribution in [2.24, 2.45) is 17.3 Å². The van der Waals surface area contributed by atoms with Gasteiger partial charge in [0.25, 0.3) is 5.91 Å². The molecule has 34 heavy (non-hydrogen) atoms. The molecule has 0 spiro atoms. The lowest BCUT2D eigenvalue weighted by atomic mass is 9.43. The molecule has 0 radical (unpaired) electrons. The third kappa shape index (κ3) is 4.19. The van der Waals surface area contributed by atoms with Crippen LogP contribution >= 0.6 is 11.6 Å². The fourth-order valence-electron chi connectivity index (χ4n) is 6.96. The molecular formula is C26H25ClF3NO3. The van der Waals surface area contributed by atoms with Crippen molar-refractivity contribution in [1.29, 1.82) is 0 Å². The van der Waals surface area contributed by atoms with Crippen LogP contribution in [0, 0.1) is 17.3 Å². The molecule has 0 aromatic heterocycles. The summed E-state index contributed by atoms with van der Waals surface area (Å²) < 4.78 is 45.3. The molecule has 4 fully saturated rings. The molecule has 2 aromatic carbocycles. The fraction of sp³-hybridized carbons (Fsp3) is 0.462. The first-order chi connectivity index (χ1) is 16.1. The van der Waals surface area contributed by atoms with Crippen LogP contribution in [0.1, 0.15) is 49.7 Å². The second-order valence-corrected chi connectivity index (χ2v) is 10.6. The van der Waals surface area contributed by atoms with Gasteiger partial charge in [-0.15, -0.1) is 0 Å². The van der Waals surface area contributed by atoms with Crippen molar-refractivity contribution >= 4 is 29.2 Å². The van der Waals surface area contributed by atoms with Gasteiger partial charge < -0.3 is 10.1 Å². The Hall–Kier alpha value is -2.54. The summed E-state index contributed by atoms with van der Waals surface area (Å²) in [4.78, 5) is 25.7. The predicted octanol–water partition coefficient (Wildman–Crippen LogP) is 6.38. The number of halogens is 4. The molecule has 2 atom stereocenters. The monoisotopic (exact) mass is 491 g/mol. The number of hydrogen-bond acceptors (Lipinski definition) is 3. The van der Waals surface area contributed by atoms with Crippen molar-refractivity contribution in [2.75, 3.05) is 11.9 Å². The van der Waals surface area contributed by atoms with Gasteiger partial charge in [-0.3, -0.25) is 9.59 Å². The van der Waals surface area contributed by atoms with Crippen molar-refractivity contribution in [3.05, 3.63) is 64.7 Å². The number of nitrogens with one attached hydrogen (secondary N) is 1. The zero-order chi connectivity index (χ0) is 24.1. The molecule has 1 N–H and O–H groups in total. The lowest BCUT2D eigenvalue weighted by Gasteiger charge is -2.61. The second kappa shape index (κ2) is 8.29. The molecule has 4 aliphatic carbocycles. The third-order valence-corrected chi connectivity index (χ3v) is 8.01. The van der Waals surface area contributed by atoms with E-state index >= 15 is 0 Å². The molecular weight excluding hydrogens is 467 g/mol. The second-order valence-electron chi connectivity index (χ2n) is 10.2. The van der Waals surface area contributed by atoms with Crippen LogP contribution in [0.15, 0.2) is 48.5 Å². The highest BCUT2D eigenvalue weighted by Crippen LogP contribution is 2.66. The minimum Gasteiger partial charge on any atom is -0.455 e. The van der Waals surface area contributed by atoms with Crippen LogP contribution < -0.4 is 5.32 Å². The molecule has 0 heterocycles. The van der Waals surface area contributed by atoms with Gasteiger partial charge in [0.2, 0.25) is 0 Å². The summed E-state index contributed by atoms with van der Waals surface area (Å²) in [5.41, 5.74) is -0.919. The summed E-state index contributed by atoms with van der Waals surface area (Å²) in [6, 6.07) is 13.4. The van der Waals surface area contributed by atoms with Crippen LogP contribution in [0.5, 0.6) is 0 Å². The molecule has 180 valence electrons. The van der Waals surface area contributed by atoms with Gasteiger partial charge in [0.15, 0.2) is 6.61 Å². The summed E-state index contributed by atoms with van der Waals surface area (Å²) in [7, 11) is 0. The highest BCUT2D eigenvalue weighted by atomic mass is 35.5. The topological polar surface area (TPSA) is 55.4 Å². The number of benzene rings is 2. The minimum absolute atomic E-state index is 0.0580. The normalized spacial score (nSPS) is 29.6.